The maximum Gasteiger partial charge on any atom is 0.150 e. The molecule has 0 spiro atoms. The monoisotopic (exact) mass is 325 g/mol. The van der Waals surface area contributed by atoms with Crippen LogP contribution < -0.4 is 5.32 Å². The second kappa shape index (κ2) is 6.48. The SMILES string of the molecule is Cc1cc(C)n(-c2ccc(NCCCS(C)(=O)=O)cc2F)n1. The molecule has 0 saturated carbocycles. The lowest BCUT2D eigenvalue weighted by atomic mass is 10.2. The summed E-state index contributed by atoms with van der Waals surface area (Å²) in [5, 5.41) is 7.29. The minimum atomic E-state index is -2.96. The van der Waals surface area contributed by atoms with Crippen molar-refractivity contribution in [3.63, 3.8) is 0 Å². The zero-order valence-electron chi connectivity index (χ0n) is 12.9. The summed E-state index contributed by atoms with van der Waals surface area (Å²) >= 11 is 0. The minimum Gasteiger partial charge on any atom is -0.385 e. The van der Waals surface area contributed by atoms with Crippen LogP contribution in [0, 0.1) is 19.7 Å². The molecule has 0 unspecified atom stereocenters. The van der Waals surface area contributed by atoms with Gasteiger partial charge in [0.05, 0.1) is 11.4 Å². The van der Waals surface area contributed by atoms with Crippen molar-refractivity contribution < 1.29 is 12.8 Å². The number of nitrogens with zero attached hydrogens (tertiary/aromatic N) is 2. The lowest BCUT2D eigenvalue weighted by Crippen LogP contribution is -2.10. The number of halogens is 1. The Hall–Kier alpha value is -1.89. The number of sulfone groups is 1. The van der Waals surface area contributed by atoms with Crippen LogP contribution in [-0.2, 0) is 9.84 Å². The number of aryl methyl sites for hydroxylation is 2. The van der Waals surface area contributed by atoms with Crippen molar-refractivity contribution in [3.8, 4) is 5.69 Å². The Bertz CT molecular complexity index is 769. The van der Waals surface area contributed by atoms with E-state index in [9.17, 15) is 12.8 Å². The first-order chi connectivity index (χ1) is 10.3. The number of aromatic nitrogens is 2. The van der Waals surface area contributed by atoms with Gasteiger partial charge in [-0.2, -0.15) is 5.10 Å². The molecule has 0 bridgehead atoms. The average Bonchev–Trinajstić information content (AvgIpc) is 2.73. The van der Waals surface area contributed by atoms with Crippen molar-refractivity contribution in [2.45, 2.75) is 20.3 Å². The van der Waals surface area contributed by atoms with E-state index < -0.39 is 9.84 Å². The van der Waals surface area contributed by atoms with Gasteiger partial charge in [-0.05, 0) is 44.5 Å². The number of benzene rings is 1. The standard InChI is InChI=1S/C15H20FN3O2S/c1-11-9-12(2)19(18-11)15-6-5-13(10-14(15)16)17-7-4-8-22(3,20)21/h5-6,9-10,17H,4,7-8H2,1-3H3. The van der Waals surface area contributed by atoms with E-state index in [-0.39, 0.29) is 11.6 Å². The second-order valence-electron chi connectivity index (χ2n) is 5.42. The molecular weight excluding hydrogens is 305 g/mol. The molecule has 0 atom stereocenters. The Morgan fingerprint density at radius 1 is 1.27 bits per heavy atom. The quantitative estimate of drug-likeness (QED) is 0.829. The number of anilines is 1. The largest absolute Gasteiger partial charge is 0.385 e. The predicted molar refractivity (Wildman–Crippen MR) is 85.8 cm³/mol. The van der Waals surface area contributed by atoms with E-state index >= 15 is 0 Å². The van der Waals surface area contributed by atoms with Crippen LogP contribution in [0.2, 0.25) is 0 Å². The zero-order valence-corrected chi connectivity index (χ0v) is 13.7. The normalized spacial score (nSPS) is 11.6. The summed E-state index contributed by atoms with van der Waals surface area (Å²) in [5.41, 5.74) is 2.72. The van der Waals surface area contributed by atoms with E-state index in [0.29, 0.717) is 24.3 Å². The first-order valence-corrected chi connectivity index (χ1v) is 9.07. The van der Waals surface area contributed by atoms with Crippen LogP contribution in [0.1, 0.15) is 17.8 Å². The van der Waals surface area contributed by atoms with Gasteiger partial charge in [0.15, 0.2) is 5.82 Å². The van der Waals surface area contributed by atoms with Gasteiger partial charge in [0.25, 0.3) is 0 Å². The van der Waals surface area contributed by atoms with Crippen LogP contribution in [0.4, 0.5) is 10.1 Å². The third-order valence-corrected chi connectivity index (χ3v) is 4.24. The summed E-state index contributed by atoms with van der Waals surface area (Å²) in [7, 11) is -2.96. The Balaban J connectivity index is 2.05. The summed E-state index contributed by atoms with van der Waals surface area (Å²) in [4.78, 5) is 0. The smallest absolute Gasteiger partial charge is 0.150 e. The predicted octanol–water partition coefficient (Wildman–Crippen LogP) is 2.47. The van der Waals surface area contributed by atoms with Crippen LogP contribution in [0.3, 0.4) is 0 Å². The summed E-state index contributed by atoms with van der Waals surface area (Å²) in [6.45, 7) is 4.21. The summed E-state index contributed by atoms with van der Waals surface area (Å²) in [5.74, 6) is -0.258. The first kappa shape index (κ1) is 16.5. The lowest BCUT2D eigenvalue weighted by Gasteiger charge is -2.10. The fourth-order valence-electron chi connectivity index (χ4n) is 2.23. The van der Waals surface area contributed by atoms with Crippen molar-refractivity contribution in [3.05, 3.63) is 41.5 Å². The maximum absolute atomic E-state index is 14.2. The van der Waals surface area contributed by atoms with E-state index in [2.05, 4.69) is 10.4 Å². The molecule has 22 heavy (non-hydrogen) atoms. The molecule has 0 aliphatic carbocycles. The van der Waals surface area contributed by atoms with Gasteiger partial charge in [-0.15, -0.1) is 0 Å². The van der Waals surface area contributed by atoms with E-state index in [1.54, 1.807) is 16.8 Å². The third-order valence-electron chi connectivity index (χ3n) is 3.21. The highest BCUT2D eigenvalue weighted by Crippen LogP contribution is 2.19. The molecule has 0 amide bonds. The van der Waals surface area contributed by atoms with Crippen molar-refractivity contribution in [1.29, 1.82) is 0 Å². The molecule has 0 radical (unpaired) electrons. The molecule has 1 N–H and O–H groups in total. The second-order valence-corrected chi connectivity index (χ2v) is 7.68. The number of hydrogen-bond donors (Lipinski definition) is 1. The van der Waals surface area contributed by atoms with E-state index in [1.165, 1.54) is 12.3 Å². The summed E-state index contributed by atoms with van der Waals surface area (Å²) in [6, 6.07) is 6.70. The van der Waals surface area contributed by atoms with E-state index in [4.69, 9.17) is 0 Å². The van der Waals surface area contributed by atoms with Crippen molar-refractivity contribution in [2.75, 3.05) is 23.9 Å². The van der Waals surface area contributed by atoms with Crippen LogP contribution in [-0.4, -0.2) is 36.8 Å². The molecule has 5 nitrogen and oxygen atoms in total. The van der Waals surface area contributed by atoms with Gasteiger partial charge in [0.2, 0.25) is 0 Å². The molecular formula is C15H20FN3O2S. The highest BCUT2D eigenvalue weighted by atomic mass is 32.2. The van der Waals surface area contributed by atoms with Gasteiger partial charge < -0.3 is 5.32 Å². The van der Waals surface area contributed by atoms with Crippen LogP contribution in [0.5, 0.6) is 0 Å². The zero-order chi connectivity index (χ0) is 16.3. The van der Waals surface area contributed by atoms with Gasteiger partial charge in [-0.25, -0.2) is 17.5 Å². The first-order valence-electron chi connectivity index (χ1n) is 7.01. The van der Waals surface area contributed by atoms with Crippen LogP contribution >= 0.6 is 0 Å². The minimum absolute atomic E-state index is 0.117. The van der Waals surface area contributed by atoms with E-state index in [0.717, 1.165) is 11.4 Å². The topological polar surface area (TPSA) is 64.0 Å². The fourth-order valence-corrected chi connectivity index (χ4v) is 2.90. The fraction of sp³-hybridized carbons (Fsp3) is 0.400. The third kappa shape index (κ3) is 4.30. The van der Waals surface area contributed by atoms with Crippen molar-refractivity contribution in [1.82, 2.24) is 9.78 Å². The Morgan fingerprint density at radius 2 is 2.00 bits per heavy atom. The molecule has 0 aliphatic heterocycles. The molecule has 7 heteroatoms. The molecule has 0 aliphatic rings. The number of rotatable bonds is 6. The molecule has 120 valence electrons. The van der Waals surface area contributed by atoms with Crippen LogP contribution in [0.25, 0.3) is 5.69 Å². The highest BCUT2D eigenvalue weighted by Gasteiger charge is 2.10. The van der Waals surface area contributed by atoms with Crippen LogP contribution in [0.15, 0.2) is 24.3 Å². The molecule has 2 rings (SSSR count). The lowest BCUT2D eigenvalue weighted by molar-refractivity contribution is 0.599. The Labute approximate surface area is 130 Å². The molecule has 1 heterocycles. The summed E-state index contributed by atoms with van der Waals surface area (Å²) in [6.07, 6.45) is 1.69. The molecule has 2 aromatic rings. The van der Waals surface area contributed by atoms with E-state index in [1.807, 2.05) is 19.9 Å². The van der Waals surface area contributed by atoms with Gasteiger partial charge >= 0.3 is 0 Å². The Kier molecular flexibility index (Phi) is 4.85. The van der Waals surface area contributed by atoms with Crippen molar-refractivity contribution >= 4 is 15.5 Å². The molecule has 0 saturated heterocycles. The van der Waals surface area contributed by atoms with Crippen molar-refractivity contribution in [2.24, 2.45) is 0 Å². The van der Waals surface area contributed by atoms with Gasteiger partial charge in [0, 0.05) is 24.2 Å². The molecule has 1 aromatic carbocycles. The molecule has 1 aromatic heterocycles. The number of nitrogens with one attached hydrogen (secondary N) is 1. The van der Waals surface area contributed by atoms with Gasteiger partial charge in [-0.3, -0.25) is 0 Å². The summed E-state index contributed by atoms with van der Waals surface area (Å²) < 4.78 is 37.9. The Morgan fingerprint density at radius 3 is 2.55 bits per heavy atom. The molecule has 0 fully saturated rings. The number of hydrogen-bond acceptors (Lipinski definition) is 4. The highest BCUT2D eigenvalue weighted by molar-refractivity contribution is 7.90. The van der Waals surface area contributed by atoms with Gasteiger partial charge in [0.1, 0.15) is 15.5 Å². The average molecular weight is 325 g/mol. The van der Waals surface area contributed by atoms with Gasteiger partial charge in [-0.1, -0.05) is 0 Å². The maximum atomic E-state index is 14.2.